The fraction of sp³-hybridized carbons (Fsp3) is 0.333. The number of hydrogen-bond donors (Lipinski definition) is 0. The van der Waals surface area contributed by atoms with Gasteiger partial charge in [0.25, 0.3) is 0 Å². The summed E-state index contributed by atoms with van der Waals surface area (Å²) in [6.07, 6.45) is 7.09. The topological polar surface area (TPSA) is 78.9 Å². The standard InChI is InChI=1S/C15H17N5O2/c1-11-16-7-9-20(11)8-3-4-14-18-15(19-22-14)12-5-6-13(21-2)17-10-12/h5-7,9-10H,3-4,8H2,1-2H3. The molecule has 0 fully saturated rings. The van der Waals surface area contributed by atoms with E-state index in [4.69, 9.17) is 9.26 Å². The summed E-state index contributed by atoms with van der Waals surface area (Å²) in [5.74, 6) is 2.74. The maximum absolute atomic E-state index is 5.28. The second-order valence-electron chi connectivity index (χ2n) is 4.87. The van der Waals surface area contributed by atoms with E-state index in [0.29, 0.717) is 17.6 Å². The van der Waals surface area contributed by atoms with Gasteiger partial charge in [0.05, 0.1) is 7.11 Å². The highest BCUT2D eigenvalue weighted by molar-refractivity contribution is 5.52. The molecule has 0 aliphatic carbocycles. The summed E-state index contributed by atoms with van der Waals surface area (Å²) in [4.78, 5) is 12.7. The van der Waals surface area contributed by atoms with Crippen molar-refractivity contribution in [3.05, 3.63) is 42.4 Å². The quantitative estimate of drug-likeness (QED) is 0.694. The van der Waals surface area contributed by atoms with E-state index < -0.39 is 0 Å². The summed E-state index contributed by atoms with van der Waals surface area (Å²) in [5.41, 5.74) is 0.807. The van der Waals surface area contributed by atoms with Gasteiger partial charge in [0, 0.05) is 43.2 Å². The fourth-order valence-corrected chi connectivity index (χ4v) is 2.15. The third-order valence-corrected chi connectivity index (χ3v) is 3.39. The van der Waals surface area contributed by atoms with Crippen molar-refractivity contribution in [2.75, 3.05) is 7.11 Å². The first-order valence-corrected chi connectivity index (χ1v) is 7.07. The Hall–Kier alpha value is -2.70. The Morgan fingerprint density at radius 1 is 1.27 bits per heavy atom. The molecular weight excluding hydrogens is 282 g/mol. The van der Waals surface area contributed by atoms with E-state index in [2.05, 4.69) is 24.7 Å². The van der Waals surface area contributed by atoms with Crippen LogP contribution in [-0.4, -0.2) is 31.8 Å². The lowest BCUT2D eigenvalue weighted by Gasteiger charge is -2.02. The lowest BCUT2D eigenvalue weighted by atomic mass is 10.2. The molecule has 0 amide bonds. The molecule has 3 aromatic rings. The van der Waals surface area contributed by atoms with Gasteiger partial charge in [-0.1, -0.05) is 5.16 Å². The molecule has 0 unspecified atom stereocenters. The van der Waals surface area contributed by atoms with Crippen molar-refractivity contribution < 1.29 is 9.26 Å². The summed E-state index contributed by atoms with van der Waals surface area (Å²) in [7, 11) is 1.58. The number of aromatic nitrogens is 5. The van der Waals surface area contributed by atoms with E-state index >= 15 is 0 Å². The van der Waals surface area contributed by atoms with Crippen molar-refractivity contribution in [3.63, 3.8) is 0 Å². The normalized spacial score (nSPS) is 10.8. The van der Waals surface area contributed by atoms with E-state index in [0.717, 1.165) is 30.8 Å². The second kappa shape index (κ2) is 6.38. The summed E-state index contributed by atoms with van der Waals surface area (Å²) < 4.78 is 12.4. The highest BCUT2D eigenvalue weighted by atomic mass is 16.5. The van der Waals surface area contributed by atoms with Crippen LogP contribution in [0.3, 0.4) is 0 Å². The molecule has 0 spiro atoms. The molecule has 22 heavy (non-hydrogen) atoms. The molecule has 114 valence electrons. The maximum Gasteiger partial charge on any atom is 0.227 e. The molecule has 0 aromatic carbocycles. The van der Waals surface area contributed by atoms with Crippen LogP contribution in [0.15, 0.2) is 35.2 Å². The Balaban J connectivity index is 1.59. The number of hydrogen-bond acceptors (Lipinski definition) is 6. The van der Waals surface area contributed by atoms with Crippen LogP contribution >= 0.6 is 0 Å². The smallest absolute Gasteiger partial charge is 0.227 e. The Morgan fingerprint density at radius 2 is 2.18 bits per heavy atom. The molecule has 0 radical (unpaired) electrons. The number of rotatable bonds is 6. The minimum absolute atomic E-state index is 0.545. The lowest BCUT2D eigenvalue weighted by Crippen LogP contribution is -2.00. The van der Waals surface area contributed by atoms with Gasteiger partial charge in [-0.05, 0) is 19.4 Å². The lowest BCUT2D eigenvalue weighted by molar-refractivity contribution is 0.372. The summed E-state index contributed by atoms with van der Waals surface area (Å²) in [6.45, 7) is 2.87. The van der Waals surface area contributed by atoms with Gasteiger partial charge in [-0.25, -0.2) is 9.97 Å². The average molecular weight is 299 g/mol. The molecule has 0 aliphatic rings. The van der Waals surface area contributed by atoms with Gasteiger partial charge in [-0.15, -0.1) is 0 Å². The van der Waals surface area contributed by atoms with Gasteiger partial charge in [0.1, 0.15) is 5.82 Å². The number of imidazole rings is 1. The summed E-state index contributed by atoms with van der Waals surface area (Å²) in [6, 6.07) is 3.63. The average Bonchev–Trinajstić information content (AvgIpc) is 3.17. The van der Waals surface area contributed by atoms with Gasteiger partial charge in [-0.2, -0.15) is 4.98 Å². The molecule has 3 rings (SSSR count). The minimum Gasteiger partial charge on any atom is -0.481 e. The van der Waals surface area contributed by atoms with Crippen LogP contribution in [0.25, 0.3) is 11.4 Å². The molecule has 0 saturated heterocycles. The van der Waals surface area contributed by atoms with Crippen LogP contribution in [0.4, 0.5) is 0 Å². The van der Waals surface area contributed by atoms with E-state index in [1.165, 1.54) is 0 Å². The first-order valence-electron chi connectivity index (χ1n) is 7.07. The van der Waals surface area contributed by atoms with E-state index in [-0.39, 0.29) is 0 Å². The molecule has 7 heteroatoms. The second-order valence-corrected chi connectivity index (χ2v) is 4.87. The van der Waals surface area contributed by atoms with Gasteiger partial charge in [-0.3, -0.25) is 0 Å². The van der Waals surface area contributed by atoms with Crippen LogP contribution in [0.5, 0.6) is 5.88 Å². The maximum atomic E-state index is 5.28. The first kappa shape index (κ1) is 14.2. The predicted molar refractivity (Wildman–Crippen MR) is 79.4 cm³/mol. The van der Waals surface area contributed by atoms with Gasteiger partial charge >= 0.3 is 0 Å². The largest absolute Gasteiger partial charge is 0.481 e. The molecule has 0 saturated carbocycles. The zero-order valence-corrected chi connectivity index (χ0v) is 12.6. The molecule has 3 heterocycles. The van der Waals surface area contributed by atoms with Crippen molar-refractivity contribution >= 4 is 0 Å². The van der Waals surface area contributed by atoms with E-state index in [1.54, 1.807) is 25.6 Å². The van der Waals surface area contributed by atoms with Crippen molar-refractivity contribution in [1.29, 1.82) is 0 Å². The predicted octanol–water partition coefficient (Wildman–Crippen LogP) is 2.28. The fourth-order valence-electron chi connectivity index (χ4n) is 2.15. The molecule has 3 aromatic heterocycles. The summed E-state index contributed by atoms with van der Waals surface area (Å²) >= 11 is 0. The summed E-state index contributed by atoms with van der Waals surface area (Å²) in [5, 5.41) is 3.99. The zero-order chi connectivity index (χ0) is 15.4. The molecule has 0 aliphatic heterocycles. The van der Waals surface area contributed by atoms with Crippen LogP contribution in [0.1, 0.15) is 18.1 Å². The van der Waals surface area contributed by atoms with Crippen molar-refractivity contribution in [3.8, 4) is 17.3 Å². The zero-order valence-electron chi connectivity index (χ0n) is 12.6. The number of pyridine rings is 1. The Kier molecular flexibility index (Phi) is 4.13. The van der Waals surface area contributed by atoms with Crippen LogP contribution in [-0.2, 0) is 13.0 Å². The van der Waals surface area contributed by atoms with Crippen molar-refractivity contribution in [2.45, 2.75) is 26.3 Å². The van der Waals surface area contributed by atoms with E-state index in [9.17, 15) is 0 Å². The van der Waals surface area contributed by atoms with Crippen LogP contribution in [0, 0.1) is 6.92 Å². The highest BCUT2D eigenvalue weighted by Gasteiger charge is 2.09. The van der Waals surface area contributed by atoms with Crippen molar-refractivity contribution in [2.24, 2.45) is 0 Å². The first-order chi connectivity index (χ1) is 10.8. The SMILES string of the molecule is COc1ccc(-c2noc(CCCn3ccnc3C)n2)cn1. The Bertz CT molecular complexity index is 732. The molecule has 0 N–H and O–H groups in total. The molecule has 0 atom stereocenters. The van der Waals surface area contributed by atoms with Crippen LogP contribution in [0.2, 0.25) is 0 Å². The minimum atomic E-state index is 0.545. The number of methoxy groups -OCH3 is 1. The molecular formula is C15H17N5O2. The third kappa shape index (κ3) is 3.13. The molecule has 0 bridgehead atoms. The van der Waals surface area contributed by atoms with E-state index in [1.807, 2.05) is 19.2 Å². The Morgan fingerprint density at radius 3 is 2.86 bits per heavy atom. The monoisotopic (exact) mass is 299 g/mol. The van der Waals surface area contributed by atoms with Crippen LogP contribution < -0.4 is 4.74 Å². The number of aryl methyl sites for hydroxylation is 3. The third-order valence-electron chi connectivity index (χ3n) is 3.39. The number of ether oxygens (including phenoxy) is 1. The van der Waals surface area contributed by atoms with Crippen molar-refractivity contribution in [1.82, 2.24) is 24.7 Å². The highest BCUT2D eigenvalue weighted by Crippen LogP contribution is 2.17. The van der Waals surface area contributed by atoms with Gasteiger partial charge in [0.2, 0.25) is 17.6 Å². The van der Waals surface area contributed by atoms with Gasteiger partial charge < -0.3 is 13.8 Å². The Labute approximate surface area is 128 Å². The number of nitrogens with zero attached hydrogens (tertiary/aromatic N) is 5. The van der Waals surface area contributed by atoms with Gasteiger partial charge in [0.15, 0.2) is 0 Å². The molecule has 7 nitrogen and oxygen atoms in total.